The van der Waals surface area contributed by atoms with E-state index in [1.54, 1.807) is 0 Å². The molecule has 0 spiro atoms. The number of hydrogen-bond acceptors (Lipinski definition) is 4. The van der Waals surface area contributed by atoms with Gasteiger partial charge in [-0.2, -0.15) is 0 Å². The number of rotatable bonds is 4. The predicted molar refractivity (Wildman–Crippen MR) is 83.1 cm³/mol. The molecule has 1 aliphatic heterocycles. The van der Waals surface area contributed by atoms with E-state index in [2.05, 4.69) is 29.2 Å². The minimum Gasteiger partial charge on any atom is -0.466 e. The molecule has 1 aromatic carbocycles. The first-order valence-electron chi connectivity index (χ1n) is 8.04. The van der Waals surface area contributed by atoms with Crippen molar-refractivity contribution in [3.63, 3.8) is 0 Å². The van der Waals surface area contributed by atoms with E-state index in [1.807, 2.05) is 6.07 Å². The van der Waals surface area contributed by atoms with Gasteiger partial charge in [0, 0.05) is 44.8 Å². The Hall–Kier alpha value is -1.68. The SMILES string of the molecule is CC(=O)OCC1CC(=O)C2CN(Cc3ccccc3)CC2C1. The summed E-state index contributed by atoms with van der Waals surface area (Å²) in [5.41, 5.74) is 1.30. The molecule has 1 heterocycles. The molecular formula is C18H23NO3. The third kappa shape index (κ3) is 3.55. The topological polar surface area (TPSA) is 46.6 Å². The van der Waals surface area contributed by atoms with Crippen molar-refractivity contribution < 1.29 is 14.3 Å². The highest BCUT2D eigenvalue weighted by Crippen LogP contribution is 2.37. The van der Waals surface area contributed by atoms with Gasteiger partial charge in [0.15, 0.2) is 0 Å². The van der Waals surface area contributed by atoms with Crippen molar-refractivity contribution in [3.05, 3.63) is 35.9 Å². The van der Waals surface area contributed by atoms with Crippen LogP contribution < -0.4 is 0 Å². The molecule has 0 radical (unpaired) electrons. The molecule has 3 rings (SSSR count). The van der Waals surface area contributed by atoms with Crippen molar-refractivity contribution >= 4 is 11.8 Å². The standard InChI is InChI=1S/C18H23NO3/c1-13(20)22-12-15-7-16-10-19(11-17(16)18(21)8-15)9-14-5-3-2-4-6-14/h2-6,15-17H,7-12H2,1H3. The van der Waals surface area contributed by atoms with Gasteiger partial charge in [0.2, 0.25) is 0 Å². The number of ether oxygens (including phenoxy) is 1. The second kappa shape index (κ2) is 6.61. The van der Waals surface area contributed by atoms with Crippen LogP contribution in [-0.4, -0.2) is 36.3 Å². The fourth-order valence-corrected chi connectivity index (χ4v) is 3.84. The van der Waals surface area contributed by atoms with Crippen molar-refractivity contribution in [2.75, 3.05) is 19.7 Å². The monoisotopic (exact) mass is 301 g/mol. The molecule has 1 aliphatic carbocycles. The number of carbonyl (C=O) groups excluding carboxylic acids is 2. The number of ketones is 1. The molecule has 1 aromatic rings. The summed E-state index contributed by atoms with van der Waals surface area (Å²) >= 11 is 0. The maximum absolute atomic E-state index is 12.4. The first kappa shape index (κ1) is 15.2. The zero-order valence-corrected chi connectivity index (χ0v) is 13.0. The largest absolute Gasteiger partial charge is 0.466 e. The Balaban J connectivity index is 1.58. The maximum Gasteiger partial charge on any atom is 0.302 e. The minimum atomic E-state index is -0.258. The van der Waals surface area contributed by atoms with Crippen molar-refractivity contribution in [2.45, 2.75) is 26.3 Å². The minimum absolute atomic E-state index is 0.178. The highest BCUT2D eigenvalue weighted by Gasteiger charge is 2.42. The van der Waals surface area contributed by atoms with Crippen LogP contribution in [0.5, 0.6) is 0 Å². The first-order chi connectivity index (χ1) is 10.6. The van der Waals surface area contributed by atoms with Gasteiger partial charge in [0.25, 0.3) is 0 Å². The van der Waals surface area contributed by atoms with Gasteiger partial charge in [-0.25, -0.2) is 0 Å². The van der Waals surface area contributed by atoms with E-state index in [1.165, 1.54) is 12.5 Å². The van der Waals surface area contributed by atoms with Crippen molar-refractivity contribution in [1.29, 1.82) is 0 Å². The van der Waals surface area contributed by atoms with E-state index in [-0.39, 0.29) is 17.8 Å². The Bertz CT molecular complexity index is 543. The van der Waals surface area contributed by atoms with E-state index < -0.39 is 0 Å². The molecule has 0 aromatic heterocycles. The molecule has 0 N–H and O–H groups in total. The van der Waals surface area contributed by atoms with E-state index in [0.29, 0.717) is 24.7 Å². The Morgan fingerprint density at radius 1 is 1.27 bits per heavy atom. The third-order valence-corrected chi connectivity index (χ3v) is 4.83. The molecule has 0 amide bonds. The molecule has 22 heavy (non-hydrogen) atoms. The number of Topliss-reactive ketones (excluding diaryl/α,β-unsaturated/α-hetero) is 1. The highest BCUT2D eigenvalue weighted by atomic mass is 16.5. The van der Waals surface area contributed by atoms with Gasteiger partial charge in [0.05, 0.1) is 6.61 Å². The molecular weight excluding hydrogens is 278 g/mol. The van der Waals surface area contributed by atoms with Crippen molar-refractivity contribution in [1.82, 2.24) is 4.90 Å². The van der Waals surface area contributed by atoms with Crippen LogP contribution in [0.25, 0.3) is 0 Å². The van der Waals surface area contributed by atoms with Crippen LogP contribution in [-0.2, 0) is 20.9 Å². The first-order valence-corrected chi connectivity index (χ1v) is 8.04. The lowest BCUT2D eigenvalue weighted by atomic mass is 9.75. The summed E-state index contributed by atoms with van der Waals surface area (Å²) in [6.07, 6.45) is 1.56. The normalized spacial score (nSPS) is 28.4. The number of esters is 1. The van der Waals surface area contributed by atoms with Gasteiger partial charge in [-0.15, -0.1) is 0 Å². The van der Waals surface area contributed by atoms with Crippen LogP contribution in [0.4, 0.5) is 0 Å². The van der Waals surface area contributed by atoms with Gasteiger partial charge in [-0.05, 0) is 17.9 Å². The number of likely N-dealkylation sites (tertiary alicyclic amines) is 1. The zero-order chi connectivity index (χ0) is 15.5. The molecule has 4 nitrogen and oxygen atoms in total. The number of fused-ring (bicyclic) bond motifs is 1. The van der Waals surface area contributed by atoms with Gasteiger partial charge < -0.3 is 4.74 Å². The van der Waals surface area contributed by atoms with Gasteiger partial charge >= 0.3 is 5.97 Å². The summed E-state index contributed by atoms with van der Waals surface area (Å²) in [4.78, 5) is 25.7. The highest BCUT2D eigenvalue weighted by molar-refractivity contribution is 5.83. The van der Waals surface area contributed by atoms with Crippen LogP contribution in [0.2, 0.25) is 0 Å². The molecule has 1 saturated carbocycles. The van der Waals surface area contributed by atoms with Crippen LogP contribution in [0.1, 0.15) is 25.3 Å². The molecule has 118 valence electrons. The van der Waals surface area contributed by atoms with Crippen LogP contribution >= 0.6 is 0 Å². The van der Waals surface area contributed by atoms with E-state index in [9.17, 15) is 9.59 Å². The Labute approximate surface area is 131 Å². The van der Waals surface area contributed by atoms with Crippen molar-refractivity contribution in [2.24, 2.45) is 17.8 Å². The van der Waals surface area contributed by atoms with E-state index in [4.69, 9.17) is 4.74 Å². The second-order valence-corrected chi connectivity index (χ2v) is 6.62. The Kier molecular flexibility index (Phi) is 4.57. The third-order valence-electron chi connectivity index (χ3n) is 4.83. The van der Waals surface area contributed by atoms with E-state index >= 15 is 0 Å². The fraction of sp³-hybridized carbons (Fsp3) is 0.556. The molecule has 2 fully saturated rings. The quantitative estimate of drug-likeness (QED) is 0.801. The lowest BCUT2D eigenvalue weighted by Crippen LogP contribution is -2.34. The van der Waals surface area contributed by atoms with Crippen LogP contribution in [0, 0.1) is 17.8 Å². The Morgan fingerprint density at radius 2 is 2.05 bits per heavy atom. The van der Waals surface area contributed by atoms with Gasteiger partial charge in [-0.3, -0.25) is 14.5 Å². The number of benzene rings is 1. The number of hydrogen-bond donors (Lipinski definition) is 0. The summed E-state index contributed by atoms with van der Waals surface area (Å²) in [5.74, 6) is 0.896. The number of carbonyl (C=O) groups is 2. The lowest BCUT2D eigenvalue weighted by molar-refractivity contribution is -0.144. The fourth-order valence-electron chi connectivity index (χ4n) is 3.84. The Morgan fingerprint density at radius 3 is 2.77 bits per heavy atom. The molecule has 0 bridgehead atoms. The summed E-state index contributed by atoms with van der Waals surface area (Å²) in [5, 5.41) is 0. The zero-order valence-electron chi connectivity index (χ0n) is 13.0. The second-order valence-electron chi connectivity index (χ2n) is 6.62. The van der Waals surface area contributed by atoms with E-state index in [0.717, 1.165) is 26.1 Å². The van der Waals surface area contributed by atoms with Crippen molar-refractivity contribution in [3.8, 4) is 0 Å². The average Bonchev–Trinajstić information content (AvgIpc) is 2.89. The summed E-state index contributed by atoms with van der Waals surface area (Å²) in [7, 11) is 0. The summed E-state index contributed by atoms with van der Waals surface area (Å²) < 4.78 is 5.10. The molecule has 2 aliphatic rings. The smallest absolute Gasteiger partial charge is 0.302 e. The summed E-state index contributed by atoms with van der Waals surface area (Å²) in [6, 6.07) is 10.4. The predicted octanol–water partition coefficient (Wildman–Crippen LogP) is 2.28. The molecule has 3 atom stereocenters. The maximum atomic E-state index is 12.4. The lowest BCUT2D eigenvalue weighted by Gasteiger charge is -2.29. The van der Waals surface area contributed by atoms with Gasteiger partial charge in [0.1, 0.15) is 5.78 Å². The van der Waals surface area contributed by atoms with Crippen LogP contribution in [0.15, 0.2) is 30.3 Å². The van der Waals surface area contributed by atoms with Crippen LogP contribution in [0.3, 0.4) is 0 Å². The summed E-state index contributed by atoms with van der Waals surface area (Å²) in [6.45, 7) is 4.57. The average molecular weight is 301 g/mol. The number of nitrogens with zero attached hydrogens (tertiary/aromatic N) is 1. The van der Waals surface area contributed by atoms with Gasteiger partial charge in [-0.1, -0.05) is 30.3 Å². The molecule has 1 saturated heterocycles. The molecule has 4 heteroatoms. The molecule has 3 unspecified atom stereocenters.